The van der Waals surface area contributed by atoms with Crippen molar-refractivity contribution in [1.82, 2.24) is 20.9 Å². The maximum atomic E-state index is 13.3. The van der Waals surface area contributed by atoms with Gasteiger partial charge in [0.15, 0.2) is 0 Å². The number of carboxylic acids is 1. The number of H-pyrrole nitrogens is 1. The molecular formula is C25H37N7O6. The highest BCUT2D eigenvalue weighted by molar-refractivity contribution is 5.95. The monoisotopic (exact) mass is 531 g/mol. The summed E-state index contributed by atoms with van der Waals surface area (Å²) in [6, 6.07) is 2.99. The standard InChI is InChI=1S/C25H37N7O6/c1-14(25(37)38)30-24(36)20(12-15-13-29-18-7-3-2-6-16(15)18)32-23(35)19(8-4-5-11-26)31-22(34)17(27)9-10-21(28)33/h2-3,6-7,13-14,17,19-20,29H,4-5,8-12,26-27H2,1H3,(H2,28,33)(H,30,36)(H,31,34)(H,32,35)(H,37,38). The van der Waals surface area contributed by atoms with Crippen LogP contribution in [0.3, 0.4) is 0 Å². The third kappa shape index (κ3) is 9.16. The predicted octanol–water partition coefficient (Wildman–Crippen LogP) is -1.01. The van der Waals surface area contributed by atoms with Gasteiger partial charge in [0.2, 0.25) is 23.6 Å². The molecule has 2 aromatic rings. The van der Waals surface area contributed by atoms with Crippen molar-refractivity contribution < 1.29 is 29.1 Å². The van der Waals surface area contributed by atoms with Crippen molar-refractivity contribution in [3.05, 3.63) is 36.0 Å². The average molecular weight is 532 g/mol. The van der Waals surface area contributed by atoms with Crippen molar-refractivity contribution in [2.24, 2.45) is 17.2 Å². The van der Waals surface area contributed by atoms with Gasteiger partial charge >= 0.3 is 5.97 Å². The molecule has 0 bridgehead atoms. The molecule has 0 aliphatic carbocycles. The van der Waals surface area contributed by atoms with E-state index in [0.29, 0.717) is 19.4 Å². The Morgan fingerprint density at radius 2 is 1.61 bits per heavy atom. The SMILES string of the molecule is CC(NC(=O)C(Cc1c[nH]c2ccccc12)NC(=O)C(CCCCN)NC(=O)C(N)CCC(N)=O)C(=O)O. The zero-order chi connectivity index (χ0) is 28.2. The fourth-order valence-electron chi connectivity index (χ4n) is 3.85. The van der Waals surface area contributed by atoms with Gasteiger partial charge in [0.25, 0.3) is 0 Å². The molecule has 1 aromatic carbocycles. The predicted molar refractivity (Wildman–Crippen MR) is 140 cm³/mol. The number of fused-ring (bicyclic) bond motifs is 1. The minimum absolute atomic E-state index is 0.0109. The van der Waals surface area contributed by atoms with Gasteiger partial charge in [-0.25, -0.2) is 0 Å². The van der Waals surface area contributed by atoms with Crippen LogP contribution in [0.5, 0.6) is 0 Å². The van der Waals surface area contributed by atoms with Crippen LogP contribution in [0.1, 0.15) is 44.6 Å². The first-order valence-electron chi connectivity index (χ1n) is 12.5. The highest BCUT2D eigenvalue weighted by atomic mass is 16.4. The zero-order valence-corrected chi connectivity index (χ0v) is 21.4. The van der Waals surface area contributed by atoms with Crippen LogP contribution in [0, 0.1) is 0 Å². The third-order valence-electron chi connectivity index (χ3n) is 6.08. The van der Waals surface area contributed by atoms with Crippen molar-refractivity contribution in [2.75, 3.05) is 6.54 Å². The van der Waals surface area contributed by atoms with E-state index in [2.05, 4.69) is 20.9 Å². The Bertz CT molecular complexity index is 1130. The van der Waals surface area contributed by atoms with Crippen LogP contribution < -0.4 is 33.2 Å². The minimum Gasteiger partial charge on any atom is -0.480 e. The lowest BCUT2D eigenvalue weighted by Gasteiger charge is -2.25. The molecule has 4 unspecified atom stereocenters. The van der Waals surface area contributed by atoms with Gasteiger partial charge in [-0.1, -0.05) is 18.2 Å². The molecule has 4 atom stereocenters. The number of para-hydroxylation sites is 1. The zero-order valence-electron chi connectivity index (χ0n) is 21.4. The number of benzene rings is 1. The van der Waals surface area contributed by atoms with Crippen molar-refractivity contribution >= 4 is 40.5 Å². The quantitative estimate of drug-likeness (QED) is 0.125. The van der Waals surface area contributed by atoms with Gasteiger partial charge < -0.3 is 43.2 Å². The molecule has 4 amide bonds. The van der Waals surface area contributed by atoms with Crippen LogP contribution >= 0.6 is 0 Å². The Hall–Kier alpha value is -3.97. The number of hydrogen-bond acceptors (Lipinski definition) is 7. The number of nitrogens with two attached hydrogens (primary N) is 3. The van der Waals surface area contributed by atoms with E-state index < -0.39 is 53.8 Å². The van der Waals surface area contributed by atoms with Crippen molar-refractivity contribution in [1.29, 1.82) is 0 Å². The first-order chi connectivity index (χ1) is 18.0. The molecule has 0 radical (unpaired) electrons. The van der Waals surface area contributed by atoms with Crippen molar-refractivity contribution in [3.63, 3.8) is 0 Å². The lowest BCUT2D eigenvalue weighted by atomic mass is 10.0. The fraction of sp³-hybridized carbons (Fsp3) is 0.480. The van der Waals surface area contributed by atoms with Gasteiger partial charge in [0, 0.05) is 29.9 Å². The number of unbranched alkanes of at least 4 members (excludes halogenated alkanes) is 1. The molecule has 0 saturated heterocycles. The number of carbonyl (C=O) groups is 5. The van der Waals surface area contributed by atoms with Crippen LogP contribution in [0.2, 0.25) is 0 Å². The van der Waals surface area contributed by atoms with Gasteiger partial charge in [-0.3, -0.25) is 24.0 Å². The second-order valence-corrected chi connectivity index (χ2v) is 9.15. The number of rotatable bonds is 16. The molecular weight excluding hydrogens is 494 g/mol. The van der Waals surface area contributed by atoms with Crippen molar-refractivity contribution in [3.8, 4) is 0 Å². The normalized spacial score (nSPS) is 14.2. The molecule has 38 heavy (non-hydrogen) atoms. The molecule has 0 saturated carbocycles. The molecule has 13 heteroatoms. The summed E-state index contributed by atoms with van der Waals surface area (Å²) in [6.45, 7) is 1.70. The maximum Gasteiger partial charge on any atom is 0.325 e. The fourth-order valence-corrected chi connectivity index (χ4v) is 3.85. The molecule has 2 rings (SSSR count). The summed E-state index contributed by atoms with van der Waals surface area (Å²) in [5, 5.41) is 17.7. The van der Waals surface area contributed by atoms with Gasteiger partial charge in [0.05, 0.1) is 6.04 Å². The highest BCUT2D eigenvalue weighted by Gasteiger charge is 2.30. The summed E-state index contributed by atoms with van der Waals surface area (Å²) >= 11 is 0. The van der Waals surface area contributed by atoms with Gasteiger partial charge in [-0.15, -0.1) is 0 Å². The van der Waals surface area contributed by atoms with E-state index >= 15 is 0 Å². The molecule has 0 aliphatic heterocycles. The Labute approximate surface area is 220 Å². The van der Waals surface area contributed by atoms with E-state index in [0.717, 1.165) is 16.5 Å². The van der Waals surface area contributed by atoms with Crippen molar-refractivity contribution in [2.45, 2.75) is 69.6 Å². The number of carbonyl (C=O) groups excluding carboxylic acids is 4. The number of primary amides is 1. The van der Waals surface area contributed by atoms with E-state index in [4.69, 9.17) is 17.2 Å². The second kappa shape index (κ2) is 14.7. The molecule has 1 heterocycles. The summed E-state index contributed by atoms with van der Waals surface area (Å²) in [7, 11) is 0. The Kier molecular flexibility index (Phi) is 11.7. The lowest BCUT2D eigenvalue weighted by Crippen LogP contribution is -2.57. The number of carboxylic acid groups (broad SMARTS) is 1. The molecule has 1 aromatic heterocycles. The summed E-state index contributed by atoms with van der Waals surface area (Å²) in [6.07, 6.45) is 3.05. The highest BCUT2D eigenvalue weighted by Crippen LogP contribution is 2.19. The number of aromatic amines is 1. The largest absolute Gasteiger partial charge is 0.480 e. The first kappa shape index (κ1) is 30.3. The Morgan fingerprint density at radius 3 is 2.26 bits per heavy atom. The molecule has 13 nitrogen and oxygen atoms in total. The molecule has 208 valence electrons. The summed E-state index contributed by atoms with van der Waals surface area (Å²) in [5.74, 6) is -3.81. The van der Waals surface area contributed by atoms with Gasteiger partial charge in [-0.2, -0.15) is 0 Å². The van der Waals surface area contributed by atoms with E-state index in [1.54, 1.807) is 6.20 Å². The van der Waals surface area contributed by atoms with Crippen LogP contribution in [0.4, 0.5) is 0 Å². The molecule has 11 N–H and O–H groups in total. The summed E-state index contributed by atoms with van der Waals surface area (Å²) in [5.41, 5.74) is 18.1. The number of amides is 4. The van der Waals surface area contributed by atoms with Crippen LogP contribution in [-0.4, -0.2) is 70.4 Å². The van der Waals surface area contributed by atoms with E-state index in [-0.39, 0.29) is 25.7 Å². The summed E-state index contributed by atoms with van der Waals surface area (Å²) < 4.78 is 0. The molecule has 0 fully saturated rings. The average Bonchev–Trinajstić information content (AvgIpc) is 3.28. The number of aromatic nitrogens is 1. The number of nitrogens with one attached hydrogen (secondary N) is 4. The van der Waals surface area contributed by atoms with Crippen LogP contribution in [0.15, 0.2) is 30.5 Å². The van der Waals surface area contributed by atoms with E-state index in [1.165, 1.54) is 6.92 Å². The number of aliphatic carboxylic acids is 1. The van der Waals surface area contributed by atoms with Crippen LogP contribution in [0.25, 0.3) is 10.9 Å². The Morgan fingerprint density at radius 1 is 0.947 bits per heavy atom. The topological polar surface area (TPSA) is 236 Å². The minimum atomic E-state index is -1.23. The smallest absolute Gasteiger partial charge is 0.325 e. The van der Waals surface area contributed by atoms with E-state index in [1.807, 2.05) is 24.3 Å². The lowest BCUT2D eigenvalue weighted by molar-refractivity contribution is -0.141. The Balaban J connectivity index is 2.24. The second-order valence-electron chi connectivity index (χ2n) is 9.15. The van der Waals surface area contributed by atoms with Crippen LogP contribution in [-0.2, 0) is 30.4 Å². The third-order valence-corrected chi connectivity index (χ3v) is 6.08. The van der Waals surface area contributed by atoms with E-state index in [9.17, 15) is 29.1 Å². The van der Waals surface area contributed by atoms with Gasteiger partial charge in [0.1, 0.15) is 18.1 Å². The first-order valence-corrected chi connectivity index (χ1v) is 12.5. The summed E-state index contributed by atoms with van der Waals surface area (Å²) in [4.78, 5) is 64.4. The van der Waals surface area contributed by atoms with Gasteiger partial charge in [-0.05, 0) is 50.8 Å². The maximum absolute atomic E-state index is 13.3. The number of hydrogen-bond donors (Lipinski definition) is 8. The molecule has 0 spiro atoms. The molecule has 0 aliphatic rings.